The molecule has 0 aromatic heterocycles. The number of hydrogen-bond donors (Lipinski definition) is 6. The van der Waals surface area contributed by atoms with E-state index in [4.69, 9.17) is 22.3 Å². The SMILES string of the molecule is NC(N)=NCCCC(N)C(=O)NC(CS)C(=O)O. The number of rotatable bonds is 8. The summed E-state index contributed by atoms with van der Waals surface area (Å²) in [6.07, 6.45) is 0.895. The Labute approximate surface area is 110 Å². The third kappa shape index (κ3) is 6.97. The van der Waals surface area contributed by atoms with Gasteiger partial charge in [-0.15, -0.1) is 0 Å². The molecule has 0 aliphatic carbocycles. The smallest absolute Gasteiger partial charge is 0.327 e. The first-order chi connectivity index (χ1) is 8.38. The number of aliphatic imine (C=N–C) groups is 1. The average Bonchev–Trinajstić information content (AvgIpc) is 2.30. The molecule has 0 saturated carbocycles. The summed E-state index contributed by atoms with van der Waals surface area (Å²) in [5, 5.41) is 11.0. The summed E-state index contributed by atoms with van der Waals surface area (Å²) in [5.41, 5.74) is 15.9. The second kappa shape index (κ2) is 8.59. The fourth-order valence-corrected chi connectivity index (χ4v) is 1.36. The number of amides is 1. The molecule has 2 unspecified atom stereocenters. The van der Waals surface area contributed by atoms with Crippen molar-refractivity contribution in [3.8, 4) is 0 Å². The molecule has 0 aromatic carbocycles. The normalized spacial score (nSPS) is 13.4. The van der Waals surface area contributed by atoms with E-state index in [2.05, 4.69) is 22.9 Å². The second-order valence-electron chi connectivity index (χ2n) is 3.64. The Balaban J connectivity index is 4.03. The number of carboxylic acids is 1. The van der Waals surface area contributed by atoms with Gasteiger partial charge in [0.05, 0.1) is 6.04 Å². The minimum Gasteiger partial charge on any atom is -0.480 e. The fourth-order valence-electron chi connectivity index (χ4n) is 1.11. The minimum absolute atomic E-state index is 0.00178. The minimum atomic E-state index is -1.15. The maximum absolute atomic E-state index is 11.5. The van der Waals surface area contributed by atoms with Crippen LogP contribution in [-0.2, 0) is 9.59 Å². The van der Waals surface area contributed by atoms with E-state index in [0.29, 0.717) is 19.4 Å². The van der Waals surface area contributed by atoms with E-state index >= 15 is 0 Å². The molecule has 8 nitrogen and oxygen atoms in total. The average molecular weight is 277 g/mol. The van der Waals surface area contributed by atoms with Gasteiger partial charge < -0.3 is 27.6 Å². The Morgan fingerprint density at radius 1 is 1.39 bits per heavy atom. The van der Waals surface area contributed by atoms with Gasteiger partial charge in [-0.3, -0.25) is 9.79 Å². The van der Waals surface area contributed by atoms with E-state index in [1.54, 1.807) is 0 Å². The third-order valence-corrected chi connectivity index (χ3v) is 2.47. The van der Waals surface area contributed by atoms with Crippen LogP contribution in [0.5, 0.6) is 0 Å². The number of nitrogens with one attached hydrogen (secondary N) is 1. The third-order valence-electron chi connectivity index (χ3n) is 2.10. The second-order valence-corrected chi connectivity index (χ2v) is 4.00. The zero-order valence-electron chi connectivity index (χ0n) is 9.87. The standard InChI is InChI=1S/C9H19N5O3S/c10-5(2-1-3-13-9(11)12)7(15)14-6(4-18)8(16)17/h5-6,18H,1-4,10H2,(H,14,15)(H,16,17)(H4,11,12,13). The molecule has 0 rings (SSSR count). The molecule has 0 fully saturated rings. The van der Waals surface area contributed by atoms with Gasteiger partial charge in [-0.25, -0.2) is 4.79 Å². The number of carbonyl (C=O) groups excluding carboxylic acids is 1. The predicted octanol–water partition coefficient (Wildman–Crippen LogP) is -2.13. The number of thiol groups is 1. The molecule has 2 atom stereocenters. The molecule has 0 aliphatic heterocycles. The van der Waals surface area contributed by atoms with Crippen molar-refractivity contribution >= 4 is 30.5 Å². The van der Waals surface area contributed by atoms with Gasteiger partial charge in [-0.1, -0.05) is 0 Å². The maximum atomic E-state index is 11.5. The van der Waals surface area contributed by atoms with Gasteiger partial charge >= 0.3 is 5.97 Å². The van der Waals surface area contributed by atoms with Crippen molar-refractivity contribution in [3.63, 3.8) is 0 Å². The van der Waals surface area contributed by atoms with Gasteiger partial charge in [-0.2, -0.15) is 12.6 Å². The van der Waals surface area contributed by atoms with E-state index in [-0.39, 0.29) is 11.7 Å². The summed E-state index contributed by atoms with van der Waals surface area (Å²) in [6.45, 7) is 0.373. The van der Waals surface area contributed by atoms with Gasteiger partial charge in [0.1, 0.15) is 6.04 Å². The van der Waals surface area contributed by atoms with Crippen LogP contribution in [0.15, 0.2) is 4.99 Å². The highest BCUT2D eigenvalue weighted by Gasteiger charge is 2.21. The van der Waals surface area contributed by atoms with Crippen molar-refractivity contribution in [2.45, 2.75) is 24.9 Å². The first kappa shape index (κ1) is 16.5. The summed E-state index contributed by atoms with van der Waals surface area (Å²) in [7, 11) is 0. The highest BCUT2D eigenvalue weighted by Crippen LogP contribution is 1.97. The van der Waals surface area contributed by atoms with E-state index in [1.807, 2.05) is 0 Å². The number of nitrogens with zero attached hydrogens (tertiary/aromatic N) is 1. The zero-order valence-corrected chi connectivity index (χ0v) is 10.8. The molecule has 0 radical (unpaired) electrons. The maximum Gasteiger partial charge on any atom is 0.327 e. The first-order valence-corrected chi connectivity index (χ1v) is 5.96. The van der Waals surface area contributed by atoms with E-state index < -0.39 is 24.0 Å². The Bertz CT molecular complexity index is 319. The lowest BCUT2D eigenvalue weighted by Gasteiger charge is -2.15. The molecular weight excluding hydrogens is 258 g/mol. The topological polar surface area (TPSA) is 157 Å². The monoisotopic (exact) mass is 277 g/mol. The summed E-state index contributed by atoms with van der Waals surface area (Å²) >= 11 is 3.82. The molecule has 0 aliphatic rings. The van der Waals surface area contributed by atoms with Crippen LogP contribution in [0.1, 0.15) is 12.8 Å². The number of hydrogen-bond acceptors (Lipinski definition) is 5. The molecule has 0 saturated heterocycles. The number of carboxylic acid groups (broad SMARTS) is 1. The molecular formula is C9H19N5O3S. The van der Waals surface area contributed by atoms with Crippen LogP contribution in [0, 0.1) is 0 Å². The molecule has 0 heterocycles. The van der Waals surface area contributed by atoms with Crippen molar-refractivity contribution < 1.29 is 14.7 Å². The van der Waals surface area contributed by atoms with Gasteiger partial charge in [0.2, 0.25) is 5.91 Å². The highest BCUT2D eigenvalue weighted by atomic mass is 32.1. The summed E-state index contributed by atoms with van der Waals surface area (Å²) in [6, 6.07) is -1.83. The van der Waals surface area contributed by atoms with Crippen molar-refractivity contribution in [1.29, 1.82) is 0 Å². The van der Waals surface area contributed by atoms with Crippen LogP contribution in [0.25, 0.3) is 0 Å². The zero-order chi connectivity index (χ0) is 14.1. The number of aliphatic carboxylic acids is 1. The molecule has 0 bridgehead atoms. The quantitative estimate of drug-likeness (QED) is 0.129. The van der Waals surface area contributed by atoms with Crippen LogP contribution >= 0.6 is 12.6 Å². The molecule has 18 heavy (non-hydrogen) atoms. The Hall–Kier alpha value is -1.48. The molecule has 0 spiro atoms. The molecule has 0 aromatic rings. The van der Waals surface area contributed by atoms with Gasteiger partial charge in [0.25, 0.3) is 0 Å². The van der Waals surface area contributed by atoms with Gasteiger partial charge in [0.15, 0.2) is 5.96 Å². The number of guanidine groups is 1. The van der Waals surface area contributed by atoms with Crippen molar-refractivity contribution in [3.05, 3.63) is 0 Å². The van der Waals surface area contributed by atoms with E-state index in [0.717, 1.165) is 0 Å². The van der Waals surface area contributed by atoms with Crippen LogP contribution < -0.4 is 22.5 Å². The Kier molecular flexibility index (Phi) is 7.88. The van der Waals surface area contributed by atoms with Crippen molar-refractivity contribution in [1.82, 2.24) is 5.32 Å². The van der Waals surface area contributed by atoms with Gasteiger partial charge in [-0.05, 0) is 12.8 Å². The molecule has 8 N–H and O–H groups in total. The Morgan fingerprint density at radius 2 is 2.00 bits per heavy atom. The van der Waals surface area contributed by atoms with E-state index in [9.17, 15) is 9.59 Å². The lowest BCUT2D eigenvalue weighted by molar-refractivity contribution is -0.141. The lowest BCUT2D eigenvalue weighted by Crippen LogP contribution is -2.49. The molecule has 1 amide bonds. The van der Waals surface area contributed by atoms with E-state index in [1.165, 1.54) is 0 Å². The summed E-state index contributed by atoms with van der Waals surface area (Å²) in [5.74, 6) is -1.69. The van der Waals surface area contributed by atoms with Crippen molar-refractivity contribution in [2.24, 2.45) is 22.2 Å². The fraction of sp³-hybridized carbons (Fsp3) is 0.667. The first-order valence-electron chi connectivity index (χ1n) is 5.33. The van der Waals surface area contributed by atoms with Crippen LogP contribution in [-0.4, -0.2) is 47.3 Å². The summed E-state index contributed by atoms with van der Waals surface area (Å²) < 4.78 is 0. The largest absolute Gasteiger partial charge is 0.480 e. The van der Waals surface area contributed by atoms with Crippen LogP contribution in [0.4, 0.5) is 0 Å². The van der Waals surface area contributed by atoms with Crippen LogP contribution in [0.3, 0.4) is 0 Å². The number of nitrogens with two attached hydrogens (primary N) is 3. The highest BCUT2D eigenvalue weighted by molar-refractivity contribution is 7.80. The Morgan fingerprint density at radius 3 is 2.44 bits per heavy atom. The van der Waals surface area contributed by atoms with Crippen LogP contribution in [0.2, 0.25) is 0 Å². The lowest BCUT2D eigenvalue weighted by atomic mass is 10.1. The molecule has 9 heteroatoms. The molecule has 104 valence electrons. The van der Waals surface area contributed by atoms with Crippen molar-refractivity contribution in [2.75, 3.05) is 12.3 Å². The van der Waals surface area contributed by atoms with Gasteiger partial charge in [0, 0.05) is 12.3 Å². The summed E-state index contributed by atoms with van der Waals surface area (Å²) in [4.78, 5) is 25.9. The predicted molar refractivity (Wildman–Crippen MR) is 71.3 cm³/mol. The number of carbonyl (C=O) groups is 2.